The third kappa shape index (κ3) is 4.08. The zero-order chi connectivity index (χ0) is 18.5. The van der Waals surface area contributed by atoms with Crippen molar-refractivity contribution in [1.82, 2.24) is 15.2 Å². The predicted octanol–water partition coefficient (Wildman–Crippen LogP) is 4.07. The molecule has 5 nitrogen and oxygen atoms in total. The summed E-state index contributed by atoms with van der Waals surface area (Å²) in [5, 5.41) is 8.68. The van der Waals surface area contributed by atoms with Crippen LogP contribution in [-0.2, 0) is 6.54 Å². The Bertz CT molecular complexity index is 948. The molecule has 0 fully saturated rings. The zero-order valence-electron chi connectivity index (χ0n) is 14.6. The third-order valence-electron chi connectivity index (χ3n) is 4.09. The fourth-order valence-corrected chi connectivity index (χ4v) is 3.13. The molecule has 0 saturated heterocycles. The SMILES string of the molecule is Cc1nn(Cc2ccccc2)c(C)c1/C=N\NC(=O)c1ccccc1Br. The van der Waals surface area contributed by atoms with E-state index >= 15 is 0 Å². The highest BCUT2D eigenvalue weighted by Gasteiger charge is 2.11. The number of amides is 1. The lowest BCUT2D eigenvalue weighted by Crippen LogP contribution is -2.18. The molecule has 2 aromatic carbocycles. The molecular formula is C20H19BrN4O. The van der Waals surface area contributed by atoms with Crippen LogP contribution in [0.1, 0.15) is 32.9 Å². The summed E-state index contributed by atoms with van der Waals surface area (Å²) in [7, 11) is 0. The molecule has 0 saturated carbocycles. The fourth-order valence-electron chi connectivity index (χ4n) is 2.67. The van der Waals surface area contributed by atoms with Crippen LogP contribution in [-0.4, -0.2) is 21.9 Å². The van der Waals surface area contributed by atoms with E-state index in [0.717, 1.165) is 21.4 Å². The van der Waals surface area contributed by atoms with Gasteiger partial charge in [0, 0.05) is 15.7 Å². The van der Waals surface area contributed by atoms with Crippen molar-refractivity contribution < 1.29 is 4.79 Å². The van der Waals surface area contributed by atoms with E-state index in [1.807, 2.05) is 54.9 Å². The van der Waals surface area contributed by atoms with Crippen molar-refractivity contribution in [2.45, 2.75) is 20.4 Å². The Balaban J connectivity index is 1.73. The molecular weight excluding hydrogens is 392 g/mol. The van der Waals surface area contributed by atoms with Crippen LogP contribution in [0.5, 0.6) is 0 Å². The maximum absolute atomic E-state index is 12.2. The molecule has 1 N–H and O–H groups in total. The summed E-state index contributed by atoms with van der Waals surface area (Å²) in [5.41, 5.74) is 7.08. The normalized spacial score (nSPS) is 11.0. The quantitative estimate of drug-likeness (QED) is 0.508. The van der Waals surface area contributed by atoms with E-state index in [-0.39, 0.29) is 5.91 Å². The van der Waals surface area contributed by atoms with E-state index in [9.17, 15) is 4.79 Å². The lowest BCUT2D eigenvalue weighted by atomic mass is 10.2. The van der Waals surface area contributed by atoms with E-state index in [2.05, 4.69) is 43.7 Å². The second-order valence-corrected chi connectivity index (χ2v) is 6.76. The van der Waals surface area contributed by atoms with Gasteiger partial charge < -0.3 is 0 Å². The standard InChI is InChI=1S/C20H19BrN4O/c1-14-18(12-22-23-20(26)17-10-6-7-11-19(17)21)15(2)25(24-14)13-16-8-4-3-5-9-16/h3-12H,13H2,1-2H3,(H,23,26)/b22-12-. The first kappa shape index (κ1) is 18.1. The summed E-state index contributed by atoms with van der Waals surface area (Å²) in [4.78, 5) is 12.2. The van der Waals surface area contributed by atoms with Crippen LogP contribution in [0, 0.1) is 13.8 Å². The van der Waals surface area contributed by atoms with Gasteiger partial charge in [-0.3, -0.25) is 9.48 Å². The number of halogens is 1. The molecule has 0 aliphatic heterocycles. The molecule has 3 rings (SSSR count). The van der Waals surface area contributed by atoms with E-state index in [1.54, 1.807) is 12.3 Å². The Hall–Kier alpha value is -2.73. The van der Waals surface area contributed by atoms with E-state index < -0.39 is 0 Å². The van der Waals surface area contributed by atoms with Crippen LogP contribution >= 0.6 is 15.9 Å². The Kier molecular flexibility index (Phi) is 5.63. The van der Waals surface area contributed by atoms with E-state index in [4.69, 9.17) is 0 Å². The van der Waals surface area contributed by atoms with Crippen LogP contribution in [0.3, 0.4) is 0 Å². The topological polar surface area (TPSA) is 59.3 Å². The van der Waals surface area contributed by atoms with Crippen molar-refractivity contribution in [2.75, 3.05) is 0 Å². The molecule has 0 spiro atoms. The Morgan fingerprint density at radius 2 is 1.85 bits per heavy atom. The molecule has 0 radical (unpaired) electrons. The number of hydrazone groups is 1. The Morgan fingerprint density at radius 3 is 2.58 bits per heavy atom. The van der Waals surface area contributed by atoms with E-state index in [1.165, 1.54) is 5.56 Å². The van der Waals surface area contributed by atoms with Crippen molar-refractivity contribution >= 4 is 28.1 Å². The largest absolute Gasteiger partial charge is 0.272 e. The van der Waals surface area contributed by atoms with Gasteiger partial charge in [-0.05, 0) is 47.5 Å². The van der Waals surface area contributed by atoms with Gasteiger partial charge in [0.1, 0.15) is 0 Å². The molecule has 132 valence electrons. The molecule has 0 aliphatic carbocycles. The second kappa shape index (κ2) is 8.10. The van der Waals surface area contributed by atoms with Gasteiger partial charge >= 0.3 is 0 Å². The number of carbonyl (C=O) groups is 1. The van der Waals surface area contributed by atoms with Crippen molar-refractivity contribution in [1.29, 1.82) is 0 Å². The van der Waals surface area contributed by atoms with Crippen LogP contribution in [0.2, 0.25) is 0 Å². The first-order chi connectivity index (χ1) is 12.6. The summed E-state index contributed by atoms with van der Waals surface area (Å²) < 4.78 is 2.68. The number of carbonyl (C=O) groups excluding carboxylic acids is 1. The highest BCUT2D eigenvalue weighted by Crippen LogP contribution is 2.16. The Labute approximate surface area is 160 Å². The van der Waals surface area contributed by atoms with Gasteiger partial charge in [-0.1, -0.05) is 42.5 Å². The van der Waals surface area contributed by atoms with Crippen molar-refractivity contribution in [2.24, 2.45) is 5.10 Å². The minimum Gasteiger partial charge on any atom is -0.267 e. The zero-order valence-corrected chi connectivity index (χ0v) is 16.2. The summed E-state index contributed by atoms with van der Waals surface area (Å²) in [5.74, 6) is -0.263. The molecule has 1 heterocycles. The van der Waals surface area contributed by atoms with Crippen LogP contribution in [0.25, 0.3) is 0 Å². The van der Waals surface area contributed by atoms with Crippen molar-refractivity contribution in [3.05, 3.63) is 87.1 Å². The number of hydrogen-bond donors (Lipinski definition) is 1. The number of rotatable bonds is 5. The molecule has 0 aliphatic rings. The summed E-state index contributed by atoms with van der Waals surface area (Å²) in [6, 6.07) is 17.4. The monoisotopic (exact) mass is 410 g/mol. The minimum absolute atomic E-state index is 0.263. The lowest BCUT2D eigenvalue weighted by molar-refractivity contribution is 0.0954. The van der Waals surface area contributed by atoms with E-state index in [0.29, 0.717) is 12.1 Å². The van der Waals surface area contributed by atoms with Gasteiger partial charge in [0.25, 0.3) is 5.91 Å². The van der Waals surface area contributed by atoms with Gasteiger partial charge in [-0.25, -0.2) is 5.43 Å². The molecule has 0 atom stereocenters. The fraction of sp³-hybridized carbons (Fsp3) is 0.150. The molecule has 1 aromatic heterocycles. The Morgan fingerprint density at radius 1 is 1.15 bits per heavy atom. The first-order valence-corrected chi connectivity index (χ1v) is 9.01. The number of aromatic nitrogens is 2. The maximum Gasteiger partial charge on any atom is 0.272 e. The molecule has 0 unspecified atom stereocenters. The van der Waals surface area contributed by atoms with Gasteiger partial charge in [-0.2, -0.15) is 10.2 Å². The van der Waals surface area contributed by atoms with Gasteiger partial charge in [-0.15, -0.1) is 0 Å². The first-order valence-electron chi connectivity index (χ1n) is 8.22. The van der Waals surface area contributed by atoms with Gasteiger partial charge in [0.15, 0.2) is 0 Å². The number of nitrogens with zero attached hydrogens (tertiary/aromatic N) is 3. The summed E-state index contributed by atoms with van der Waals surface area (Å²) in [6.45, 7) is 4.63. The highest BCUT2D eigenvalue weighted by atomic mass is 79.9. The third-order valence-corrected chi connectivity index (χ3v) is 4.78. The predicted molar refractivity (Wildman–Crippen MR) is 106 cm³/mol. The molecule has 3 aromatic rings. The number of aryl methyl sites for hydroxylation is 1. The van der Waals surface area contributed by atoms with Crippen LogP contribution in [0.15, 0.2) is 64.2 Å². The van der Waals surface area contributed by atoms with Crippen molar-refractivity contribution in [3.63, 3.8) is 0 Å². The number of benzene rings is 2. The van der Waals surface area contributed by atoms with Crippen molar-refractivity contribution in [3.8, 4) is 0 Å². The summed E-state index contributed by atoms with van der Waals surface area (Å²) >= 11 is 3.37. The maximum atomic E-state index is 12.2. The smallest absolute Gasteiger partial charge is 0.267 e. The number of nitrogens with one attached hydrogen (secondary N) is 1. The number of hydrogen-bond acceptors (Lipinski definition) is 3. The van der Waals surface area contributed by atoms with Crippen LogP contribution < -0.4 is 5.43 Å². The average molecular weight is 411 g/mol. The minimum atomic E-state index is -0.263. The highest BCUT2D eigenvalue weighted by molar-refractivity contribution is 9.10. The lowest BCUT2D eigenvalue weighted by Gasteiger charge is -2.04. The molecule has 26 heavy (non-hydrogen) atoms. The van der Waals surface area contributed by atoms with Crippen LogP contribution in [0.4, 0.5) is 0 Å². The average Bonchev–Trinajstić information content (AvgIpc) is 2.90. The molecule has 6 heteroatoms. The summed E-state index contributed by atoms with van der Waals surface area (Å²) in [6.07, 6.45) is 1.65. The molecule has 1 amide bonds. The molecule has 0 bridgehead atoms. The van der Waals surface area contributed by atoms with Gasteiger partial charge in [0.05, 0.1) is 24.0 Å². The van der Waals surface area contributed by atoms with Gasteiger partial charge in [0.2, 0.25) is 0 Å². The second-order valence-electron chi connectivity index (χ2n) is 5.91.